The molecule has 0 unspecified atom stereocenters. The van der Waals surface area contributed by atoms with Crippen LogP contribution in [0.5, 0.6) is 17.2 Å². The van der Waals surface area contributed by atoms with Gasteiger partial charge in [0, 0.05) is 4.47 Å². The first-order chi connectivity index (χ1) is 16.5. The van der Waals surface area contributed by atoms with Crippen LogP contribution in [0.25, 0.3) is 0 Å². The lowest BCUT2D eigenvalue weighted by Crippen LogP contribution is -2.10. The number of ether oxygens (including phenoxy) is 3. The third-order valence-electron chi connectivity index (χ3n) is 5.18. The predicted octanol–water partition coefficient (Wildman–Crippen LogP) is 7.63. The Balaban J connectivity index is 1.44. The van der Waals surface area contributed by atoms with Crippen LogP contribution in [0.3, 0.4) is 0 Å². The molecule has 6 heteroatoms. The smallest absolute Gasteiger partial charge is 0.343 e. The van der Waals surface area contributed by atoms with Gasteiger partial charge in [-0.1, -0.05) is 55.0 Å². The van der Waals surface area contributed by atoms with E-state index in [2.05, 4.69) is 22.9 Å². The Bertz CT molecular complexity index is 1040. The van der Waals surface area contributed by atoms with Crippen molar-refractivity contribution in [2.45, 2.75) is 45.4 Å². The molecule has 0 spiro atoms. The molecule has 0 N–H and O–H groups in total. The van der Waals surface area contributed by atoms with Gasteiger partial charge in [0.25, 0.3) is 0 Å². The summed E-state index contributed by atoms with van der Waals surface area (Å²) < 4.78 is 17.4. The average molecular weight is 525 g/mol. The summed E-state index contributed by atoms with van der Waals surface area (Å²) in [6, 6.07) is 20.1. The van der Waals surface area contributed by atoms with E-state index in [1.54, 1.807) is 72.8 Å². The summed E-state index contributed by atoms with van der Waals surface area (Å²) in [5.41, 5.74) is 0.778. The molecule has 0 aromatic heterocycles. The van der Waals surface area contributed by atoms with Crippen LogP contribution < -0.4 is 14.2 Å². The molecular formula is C28H29BrO5. The van der Waals surface area contributed by atoms with Crippen LogP contribution in [0.4, 0.5) is 0 Å². The number of hydrogen-bond acceptors (Lipinski definition) is 5. The summed E-state index contributed by atoms with van der Waals surface area (Å²) >= 11 is 3.34. The minimum absolute atomic E-state index is 0.341. The van der Waals surface area contributed by atoms with E-state index in [9.17, 15) is 9.59 Å². The van der Waals surface area contributed by atoms with E-state index in [4.69, 9.17) is 14.2 Å². The van der Waals surface area contributed by atoms with Crippen molar-refractivity contribution in [1.82, 2.24) is 0 Å². The lowest BCUT2D eigenvalue weighted by molar-refractivity contribution is 0.0730. The van der Waals surface area contributed by atoms with E-state index < -0.39 is 11.9 Å². The van der Waals surface area contributed by atoms with Gasteiger partial charge in [-0.15, -0.1) is 0 Å². The average Bonchev–Trinajstić information content (AvgIpc) is 2.85. The van der Waals surface area contributed by atoms with Crippen LogP contribution in [0.1, 0.15) is 66.2 Å². The number of carbonyl (C=O) groups is 2. The number of hydrogen-bond donors (Lipinski definition) is 0. The molecule has 5 nitrogen and oxygen atoms in total. The number of carbonyl (C=O) groups excluding carboxylic acids is 2. The number of benzene rings is 3. The quantitative estimate of drug-likeness (QED) is 0.138. The second-order valence-corrected chi connectivity index (χ2v) is 8.81. The summed E-state index contributed by atoms with van der Waals surface area (Å²) in [6.07, 6.45) is 7.27. The van der Waals surface area contributed by atoms with Crippen molar-refractivity contribution in [2.75, 3.05) is 6.61 Å². The van der Waals surface area contributed by atoms with Gasteiger partial charge >= 0.3 is 11.9 Å². The summed E-state index contributed by atoms with van der Waals surface area (Å²) in [7, 11) is 0. The van der Waals surface area contributed by atoms with Crippen molar-refractivity contribution in [1.29, 1.82) is 0 Å². The van der Waals surface area contributed by atoms with Gasteiger partial charge in [-0.05, 0) is 79.2 Å². The summed E-state index contributed by atoms with van der Waals surface area (Å²) in [5, 5.41) is 0. The summed E-state index contributed by atoms with van der Waals surface area (Å²) in [5.74, 6) is 0.555. The third kappa shape index (κ3) is 8.34. The van der Waals surface area contributed by atoms with E-state index >= 15 is 0 Å². The van der Waals surface area contributed by atoms with Gasteiger partial charge in [0.05, 0.1) is 17.7 Å². The van der Waals surface area contributed by atoms with Gasteiger partial charge < -0.3 is 14.2 Å². The Hall–Kier alpha value is -3.12. The molecule has 0 aliphatic rings. The van der Waals surface area contributed by atoms with E-state index in [0.29, 0.717) is 29.2 Å². The largest absolute Gasteiger partial charge is 0.494 e. The standard InChI is InChI=1S/C28H29BrO5/c1-2-3-4-5-6-7-20-32-24-14-8-21(9-15-24)27(30)33-25-16-10-22(11-17-25)28(31)34-26-18-12-23(29)13-19-26/h8-19H,2-7,20H2,1H3. The van der Waals surface area contributed by atoms with Gasteiger partial charge in [-0.3, -0.25) is 0 Å². The fraction of sp³-hybridized carbons (Fsp3) is 0.286. The van der Waals surface area contributed by atoms with Gasteiger partial charge in [0.15, 0.2) is 0 Å². The molecule has 0 amide bonds. The first-order valence-corrected chi connectivity index (χ1v) is 12.4. The SMILES string of the molecule is CCCCCCCCOc1ccc(C(=O)Oc2ccc(C(=O)Oc3ccc(Br)cc3)cc2)cc1. The summed E-state index contributed by atoms with van der Waals surface area (Å²) in [4.78, 5) is 24.7. The highest BCUT2D eigenvalue weighted by Gasteiger charge is 2.12. The first-order valence-electron chi connectivity index (χ1n) is 11.6. The first kappa shape index (κ1) is 25.5. The molecule has 0 bridgehead atoms. The third-order valence-corrected chi connectivity index (χ3v) is 5.71. The molecule has 0 heterocycles. The molecule has 0 aliphatic heterocycles. The Labute approximate surface area is 209 Å². The number of halogens is 1. The molecule has 178 valence electrons. The molecule has 34 heavy (non-hydrogen) atoms. The Morgan fingerprint density at radius 1 is 0.618 bits per heavy atom. The van der Waals surface area contributed by atoms with Crippen LogP contribution in [0.15, 0.2) is 77.3 Å². The topological polar surface area (TPSA) is 61.8 Å². The van der Waals surface area contributed by atoms with Crippen LogP contribution >= 0.6 is 15.9 Å². The van der Waals surface area contributed by atoms with Gasteiger partial charge in [-0.25, -0.2) is 9.59 Å². The van der Waals surface area contributed by atoms with Crippen LogP contribution in [0, 0.1) is 0 Å². The molecule has 3 rings (SSSR count). The van der Waals surface area contributed by atoms with Crippen molar-refractivity contribution in [2.24, 2.45) is 0 Å². The van der Waals surface area contributed by atoms with E-state index in [1.165, 1.54) is 32.1 Å². The highest BCUT2D eigenvalue weighted by atomic mass is 79.9. The van der Waals surface area contributed by atoms with Gasteiger partial charge in [-0.2, -0.15) is 0 Å². The van der Waals surface area contributed by atoms with Crippen LogP contribution in [-0.2, 0) is 0 Å². The Morgan fingerprint density at radius 2 is 1.06 bits per heavy atom. The molecule has 3 aromatic carbocycles. The maximum absolute atomic E-state index is 12.4. The molecule has 0 fully saturated rings. The van der Waals surface area contributed by atoms with Crippen LogP contribution in [0.2, 0.25) is 0 Å². The minimum Gasteiger partial charge on any atom is -0.494 e. The molecular weight excluding hydrogens is 496 g/mol. The molecule has 0 saturated heterocycles. The monoisotopic (exact) mass is 524 g/mol. The van der Waals surface area contributed by atoms with E-state index in [1.807, 2.05) is 0 Å². The number of esters is 2. The fourth-order valence-corrected chi connectivity index (χ4v) is 3.52. The maximum atomic E-state index is 12.4. The Kier molecular flexibility index (Phi) is 10.2. The molecule has 0 aliphatic carbocycles. The molecule has 3 aromatic rings. The zero-order valence-corrected chi connectivity index (χ0v) is 20.9. The van der Waals surface area contributed by atoms with Crippen molar-refractivity contribution < 1.29 is 23.8 Å². The van der Waals surface area contributed by atoms with Gasteiger partial charge in [0.2, 0.25) is 0 Å². The molecule has 0 saturated carbocycles. The molecule has 0 atom stereocenters. The van der Waals surface area contributed by atoms with Crippen molar-refractivity contribution in [3.8, 4) is 17.2 Å². The lowest BCUT2D eigenvalue weighted by Gasteiger charge is -2.08. The fourth-order valence-electron chi connectivity index (χ4n) is 3.25. The summed E-state index contributed by atoms with van der Waals surface area (Å²) in [6.45, 7) is 2.88. The second kappa shape index (κ2) is 13.6. The van der Waals surface area contributed by atoms with Crippen molar-refractivity contribution >= 4 is 27.9 Å². The minimum atomic E-state index is -0.489. The predicted molar refractivity (Wildman–Crippen MR) is 136 cm³/mol. The van der Waals surface area contributed by atoms with Crippen molar-refractivity contribution in [3.63, 3.8) is 0 Å². The number of rotatable bonds is 12. The highest BCUT2D eigenvalue weighted by molar-refractivity contribution is 9.10. The molecule has 0 radical (unpaired) electrons. The Morgan fingerprint density at radius 3 is 1.59 bits per heavy atom. The van der Waals surface area contributed by atoms with Crippen LogP contribution in [-0.4, -0.2) is 18.5 Å². The second-order valence-electron chi connectivity index (χ2n) is 7.90. The zero-order chi connectivity index (χ0) is 24.2. The number of unbranched alkanes of at least 4 members (excludes halogenated alkanes) is 5. The highest BCUT2D eigenvalue weighted by Crippen LogP contribution is 2.20. The van der Waals surface area contributed by atoms with E-state index in [-0.39, 0.29) is 0 Å². The zero-order valence-electron chi connectivity index (χ0n) is 19.3. The van der Waals surface area contributed by atoms with Crippen molar-refractivity contribution in [3.05, 3.63) is 88.4 Å². The lowest BCUT2D eigenvalue weighted by atomic mass is 10.1. The van der Waals surface area contributed by atoms with E-state index in [0.717, 1.165) is 16.6 Å². The van der Waals surface area contributed by atoms with Gasteiger partial charge in [0.1, 0.15) is 17.2 Å². The normalized spacial score (nSPS) is 10.5. The maximum Gasteiger partial charge on any atom is 0.343 e.